The van der Waals surface area contributed by atoms with Crippen LogP contribution in [-0.2, 0) is 98.7 Å². The zero-order valence-electron chi connectivity index (χ0n) is 34.4. The summed E-state index contributed by atoms with van der Waals surface area (Å²) in [6, 6.07) is 0. The average molecular weight is 1100 g/mol. The SMILES string of the molecule is COP(C)(=O)OC.COP(C)(=O)OC.COP(C)(=O)OC.COP(C)(=O)OC.COP(C)(=O)OC.COP(C)(=O)OC.[Fe+3].[O-][Cl+3]([O-])([O-])[O-].[O-][Cl+3]([O-])([O-])[O-].[O-][Cl+3]([O-])([O-])[O-]. The normalized spacial score (nSPS) is 11.7. The predicted octanol–water partition coefficient (Wildman–Crippen LogP) is -7.66. The maximum atomic E-state index is 10.5. The summed E-state index contributed by atoms with van der Waals surface area (Å²) < 4.78 is 218. The van der Waals surface area contributed by atoms with Crippen molar-refractivity contribution in [1.29, 1.82) is 0 Å². The fourth-order valence-corrected chi connectivity index (χ4v) is 1.34. The molecular formula is C18H54Cl3FeO30P6. The molecule has 0 N–H and O–H groups in total. The van der Waals surface area contributed by atoms with Crippen molar-refractivity contribution < 1.29 is 185 Å². The van der Waals surface area contributed by atoms with Crippen molar-refractivity contribution in [2.24, 2.45) is 0 Å². The largest absolute Gasteiger partial charge is 3.00 e. The van der Waals surface area contributed by atoms with Crippen molar-refractivity contribution in [1.82, 2.24) is 0 Å². The summed E-state index contributed by atoms with van der Waals surface area (Å²) in [4.78, 5) is 0. The van der Waals surface area contributed by atoms with Crippen LogP contribution in [0, 0.1) is 30.7 Å². The van der Waals surface area contributed by atoms with E-state index in [2.05, 4.69) is 54.3 Å². The zero-order chi connectivity index (χ0) is 49.0. The maximum absolute atomic E-state index is 10.5. The fraction of sp³-hybridized carbons (Fsp3) is 1.00. The van der Waals surface area contributed by atoms with Crippen LogP contribution in [0.25, 0.3) is 0 Å². The van der Waals surface area contributed by atoms with Gasteiger partial charge >= 0.3 is 62.6 Å². The molecule has 40 heteroatoms. The smallest absolute Gasteiger partial charge is 0.312 e. The van der Waals surface area contributed by atoms with E-state index in [4.69, 9.17) is 55.9 Å². The molecule has 0 aromatic rings. The predicted molar refractivity (Wildman–Crippen MR) is 165 cm³/mol. The van der Waals surface area contributed by atoms with E-state index >= 15 is 0 Å². The molecule has 365 valence electrons. The Morgan fingerprint density at radius 3 is 0.276 bits per heavy atom. The number of rotatable bonds is 12. The van der Waals surface area contributed by atoms with Gasteiger partial charge < -0.3 is 54.3 Å². The first-order chi connectivity index (χ1) is 24.7. The van der Waals surface area contributed by atoms with Gasteiger partial charge in [-0.25, -0.2) is 55.9 Å². The van der Waals surface area contributed by atoms with E-state index in [1.165, 1.54) is 125 Å². The molecular weight excluding hydrogens is 1040 g/mol. The zero-order valence-corrected chi connectivity index (χ0v) is 43.2. The first-order valence-electron chi connectivity index (χ1n) is 12.7. The molecule has 0 atom stereocenters. The second-order valence-corrected chi connectivity index (χ2v) is 23.9. The van der Waals surface area contributed by atoms with Gasteiger partial charge in [-0.15, -0.1) is 30.7 Å². The van der Waals surface area contributed by atoms with Gasteiger partial charge in [-0.2, -0.15) is 0 Å². The van der Waals surface area contributed by atoms with E-state index in [1.54, 1.807) is 0 Å². The fourth-order valence-electron chi connectivity index (χ4n) is 0.447. The van der Waals surface area contributed by atoms with Crippen molar-refractivity contribution >= 4 is 45.6 Å². The van der Waals surface area contributed by atoms with Crippen LogP contribution in [-0.4, -0.2) is 125 Å². The number of hydrogen-bond donors (Lipinski definition) is 0. The quantitative estimate of drug-likeness (QED) is 0.129. The molecule has 0 aliphatic rings. The van der Waals surface area contributed by atoms with E-state index in [0.29, 0.717) is 0 Å². The van der Waals surface area contributed by atoms with Gasteiger partial charge in [-0.3, -0.25) is 27.4 Å². The van der Waals surface area contributed by atoms with Crippen LogP contribution in [0.15, 0.2) is 0 Å². The van der Waals surface area contributed by atoms with Crippen LogP contribution in [0.2, 0.25) is 0 Å². The van der Waals surface area contributed by atoms with Crippen LogP contribution < -0.4 is 55.9 Å². The van der Waals surface area contributed by atoms with Gasteiger partial charge in [-0.05, 0) is 0 Å². The summed E-state index contributed by atoms with van der Waals surface area (Å²) in [6.45, 7) is 8.46. The molecule has 0 heterocycles. The molecule has 0 aliphatic carbocycles. The molecule has 0 spiro atoms. The molecule has 0 aliphatic heterocycles. The van der Waals surface area contributed by atoms with Gasteiger partial charge in [0.2, 0.25) is 0 Å². The van der Waals surface area contributed by atoms with E-state index in [-0.39, 0.29) is 17.1 Å². The maximum Gasteiger partial charge on any atom is 3.00 e. The van der Waals surface area contributed by atoms with Crippen LogP contribution in [0.1, 0.15) is 0 Å². The Bertz CT molecular complexity index is 921. The third-order valence-electron chi connectivity index (χ3n) is 3.98. The van der Waals surface area contributed by atoms with Crippen LogP contribution in [0.3, 0.4) is 0 Å². The van der Waals surface area contributed by atoms with Gasteiger partial charge in [0.05, 0.1) is 0 Å². The van der Waals surface area contributed by atoms with E-state index in [1.807, 2.05) is 0 Å². The standard InChI is InChI=1S/6C3H9O3P.3ClHO4.Fe/c6*1-5-7(3,4)6-2;3*2-1(3,4)5;/h6*1-3H3;3*(H,2,3,4,5);/q;;;;;;;;;+3/p-3. The molecule has 30 nitrogen and oxygen atoms in total. The van der Waals surface area contributed by atoms with Gasteiger partial charge in [-0.1, -0.05) is 0 Å². The molecule has 0 saturated heterocycles. The van der Waals surface area contributed by atoms with E-state index in [9.17, 15) is 27.4 Å². The van der Waals surface area contributed by atoms with E-state index in [0.717, 1.165) is 0 Å². The Kier molecular flexibility index (Phi) is 61.4. The molecule has 0 fully saturated rings. The minimum atomic E-state index is -4.94. The Hall–Kier alpha value is 1.81. The summed E-state index contributed by atoms with van der Waals surface area (Å²) in [5, 5.41) is 0. The van der Waals surface area contributed by atoms with Crippen molar-refractivity contribution in [3.05, 3.63) is 0 Å². The Balaban J connectivity index is -0.0000000559. The van der Waals surface area contributed by atoms with Crippen molar-refractivity contribution in [2.45, 2.75) is 0 Å². The summed E-state index contributed by atoms with van der Waals surface area (Å²) in [6.07, 6.45) is 0. The third kappa shape index (κ3) is 131. The number of halogens is 3. The van der Waals surface area contributed by atoms with Crippen molar-refractivity contribution in [2.75, 3.05) is 125 Å². The Morgan fingerprint density at radius 1 is 0.241 bits per heavy atom. The average Bonchev–Trinajstić information content (AvgIpc) is 3.07. The van der Waals surface area contributed by atoms with Gasteiger partial charge in [0.15, 0.2) is 0 Å². The third-order valence-corrected chi connectivity index (χ3v) is 11.9. The monoisotopic (exact) mass is 1100 g/mol. The van der Waals surface area contributed by atoms with Gasteiger partial charge in [0.1, 0.15) is 0 Å². The molecule has 0 aromatic heterocycles. The molecule has 58 heavy (non-hydrogen) atoms. The topological polar surface area (TPSA) is 490 Å². The summed E-state index contributed by atoms with van der Waals surface area (Å²) in [7, 11) is -14.5. The van der Waals surface area contributed by atoms with Gasteiger partial charge in [0, 0.05) is 125 Å². The van der Waals surface area contributed by atoms with E-state index < -0.39 is 76.3 Å². The van der Waals surface area contributed by atoms with Crippen molar-refractivity contribution in [3.8, 4) is 0 Å². The van der Waals surface area contributed by atoms with Crippen molar-refractivity contribution in [3.63, 3.8) is 0 Å². The summed E-state index contributed by atoms with van der Waals surface area (Å²) in [5.41, 5.74) is 0. The minimum Gasteiger partial charge on any atom is -0.312 e. The summed E-state index contributed by atoms with van der Waals surface area (Å²) in [5.74, 6) is 0. The molecule has 0 aromatic carbocycles. The molecule has 0 unspecified atom stereocenters. The molecule has 0 rings (SSSR count). The Labute approximate surface area is 355 Å². The second-order valence-electron chi connectivity index (χ2n) is 7.95. The number of hydrogen-bond acceptors (Lipinski definition) is 30. The Morgan fingerprint density at radius 2 is 0.276 bits per heavy atom. The minimum absolute atomic E-state index is 0. The summed E-state index contributed by atoms with van der Waals surface area (Å²) >= 11 is 0. The first-order valence-corrected chi connectivity index (χ1v) is 28.4. The van der Waals surface area contributed by atoms with Gasteiger partial charge in [0.25, 0.3) is 0 Å². The van der Waals surface area contributed by atoms with Crippen LogP contribution >= 0.6 is 45.6 Å². The second kappa shape index (κ2) is 42.7. The first kappa shape index (κ1) is 83.4. The molecule has 0 bridgehead atoms. The molecule has 1 radical (unpaired) electrons. The van der Waals surface area contributed by atoms with Crippen LogP contribution in [0.5, 0.6) is 0 Å². The molecule has 0 amide bonds. The van der Waals surface area contributed by atoms with Crippen LogP contribution in [0.4, 0.5) is 0 Å². The molecule has 0 saturated carbocycles.